The maximum atomic E-state index is 18.2. The second kappa shape index (κ2) is 40.5. The normalized spacial score (nSPS) is 14.8. The quantitative estimate of drug-likeness (QED) is 0.0286. The van der Waals surface area contributed by atoms with Crippen molar-refractivity contribution in [1.29, 1.82) is 0 Å². The molecule has 48 heteroatoms. The second-order valence-corrected chi connectivity index (χ2v) is 60.2. The molecule has 1 saturated heterocycles. The number of alkyl halides is 12. The molecule has 1 aliphatic heterocycles. The molecule has 10 aromatic rings. The van der Waals surface area contributed by atoms with Gasteiger partial charge < -0.3 is 0 Å². The molecule has 0 aliphatic carbocycles. The predicted octanol–water partition coefficient (Wildman–Crippen LogP) is 25.4. The zero-order valence-corrected chi connectivity index (χ0v) is 75.5. The number of halogens is 42. The summed E-state index contributed by atoms with van der Waals surface area (Å²) in [5.74, 6) is -105. The number of benzene rings is 10. The number of rotatable bonds is 12. The lowest BCUT2D eigenvalue weighted by Gasteiger charge is -2.58. The maximum absolute atomic E-state index is 18.2. The highest BCUT2D eigenvalue weighted by atomic mass is 35.6. The molecular weight excluding hydrogens is 2050 g/mol. The third kappa shape index (κ3) is 18.4. The molecule has 668 valence electrons. The molecule has 0 N–H and O–H groups in total. The first-order chi connectivity index (χ1) is 57.2. The maximum Gasteiger partial charge on any atom is 0.301 e. The number of hydrogen-bond acceptors (Lipinski definition) is 0. The van der Waals surface area contributed by atoms with Crippen molar-refractivity contribution < 1.29 is 132 Å². The Morgan fingerprint density at radius 1 is 0.202 bits per heavy atom. The van der Waals surface area contributed by atoms with Crippen LogP contribution in [0.3, 0.4) is 0 Å². The molecule has 0 radical (unpaired) electrons. The Labute approximate surface area is 747 Å². The van der Waals surface area contributed by atoms with Gasteiger partial charge in [0.25, 0.3) is 0 Å². The predicted molar refractivity (Wildman–Crippen MR) is 440 cm³/mol. The molecule has 124 heavy (non-hydrogen) atoms. The van der Waals surface area contributed by atoms with Gasteiger partial charge in [0.05, 0.1) is 44.7 Å². The van der Waals surface area contributed by atoms with Crippen LogP contribution in [0, 0.1) is 202 Å². The lowest BCUT2D eigenvalue weighted by Crippen LogP contribution is -2.74. The van der Waals surface area contributed by atoms with E-state index in [2.05, 4.69) is 0 Å². The minimum Gasteiger partial charge on any atom is -0.207 e. The Balaban J connectivity index is 0.00000121. The van der Waals surface area contributed by atoms with Gasteiger partial charge in [-0.25, -0.2) is 132 Å². The minimum absolute atomic E-state index is 0.0883. The summed E-state index contributed by atoms with van der Waals surface area (Å²) in [5, 5.41) is -2.46. The Kier molecular flexibility index (Phi) is 34.4. The highest BCUT2D eigenvalue weighted by molar-refractivity contribution is 8.36. The van der Waals surface area contributed by atoms with Crippen molar-refractivity contribution in [3.05, 3.63) is 316 Å². The fraction of sp³-hybridized carbons (Fsp3) is 0.158. The standard InChI is InChI=1S/C72H42B2F30P2Si2.4CHCl3/c1-27-9-17-31(18-10-27)105(32-19-11-28(2)12-20-32)35(25-73(37-43(75)55(87)67(99)56(88)44(37)76,38-45(77)57(89)68(100)58(90)46(38)78)39-47(79)59(91)69(101)60(92)48(39)80)108(7,8)106(33-21-13-29(3)14-22-33,34-23-15-30(4)16-24-34)36(107(105,5)6)26-74(40-49(81)61(93)70(102)62(94)50(40)82,41-51(83)63(95)71(103)64(96)52(41)84)42-53(85)65(97)72(104)66(98)54(42)86;4*2-1(3)4/h9-26H,1-8H3;4*1H/b35-25-,36-26-;;;;. The van der Waals surface area contributed by atoms with Gasteiger partial charge in [-0.15, -0.1) is 32.8 Å². The number of hydrogen-bond donors (Lipinski definition) is 0. The van der Waals surface area contributed by atoms with E-state index in [0.717, 1.165) is 123 Å². The van der Waals surface area contributed by atoms with Crippen LogP contribution in [-0.4, -0.2) is 45.0 Å². The highest BCUT2D eigenvalue weighted by Gasteiger charge is 2.82. The van der Waals surface area contributed by atoms with Gasteiger partial charge in [-0.1, -0.05) is 210 Å². The lowest BCUT2D eigenvalue weighted by molar-refractivity contribution is 0.379. The molecule has 0 atom stereocenters. The first-order valence-electron chi connectivity index (χ1n) is 33.8. The monoisotopic (exact) mass is 2090 g/mol. The van der Waals surface area contributed by atoms with E-state index in [4.69, 9.17) is 139 Å². The van der Waals surface area contributed by atoms with Crippen molar-refractivity contribution >= 4 is 235 Å². The zero-order chi connectivity index (χ0) is 94.6. The van der Waals surface area contributed by atoms with E-state index in [0.29, 0.717) is 0 Å². The van der Waals surface area contributed by atoms with Crippen LogP contribution in [0.1, 0.15) is 22.3 Å². The van der Waals surface area contributed by atoms with Gasteiger partial charge in [0.1, 0.15) is 82.1 Å². The average Bonchev–Trinajstić information content (AvgIpc) is 0.645. The van der Waals surface area contributed by atoms with Gasteiger partial charge in [-0.3, -0.25) is 0 Å². The molecule has 1 fully saturated rings. The van der Waals surface area contributed by atoms with E-state index in [-0.39, 0.29) is 34.2 Å². The molecule has 0 nitrogen and oxygen atoms in total. The van der Waals surface area contributed by atoms with Gasteiger partial charge in [0, 0.05) is 0 Å². The summed E-state index contributed by atoms with van der Waals surface area (Å²) in [6.07, 6.45) is -14.0. The molecule has 0 bridgehead atoms. The summed E-state index contributed by atoms with van der Waals surface area (Å²) >= 11 is 57.7. The van der Waals surface area contributed by atoms with Gasteiger partial charge in [-0.2, -0.15) is 12.0 Å². The Morgan fingerprint density at radius 2 is 0.298 bits per heavy atom. The smallest absolute Gasteiger partial charge is 0.207 e. The van der Waals surface area contributed by atoms with Gasteiger partial charge >= 0.3 is 15.5 Å². The van der Waals surface area contributed by atoms with Crippen LogP contribution in [0.2, 0.25) is 26.2 Å². The minimum atomic E-state index is -6.99. The van der Waals surface area contributed by atoms with Crippen molar-refractivity contribution in [3.63, 3.8) is 0 Å². The Morgan fingerprint density at radius 3 is 0.403 bits per heavy atom. The van der Waals surface area contributed by atoms with Crippen LogP contribution in [0.4, 0.5) is 132 Å². The zero-order valence-electron chi connectivity index (χ0n) is 62.6. The Hall–Kier alpha value is -5.52. The fourth-order valence-electron chi connectivity index (χ4n) is 15.6. The fourth-order valence-corrected chi connectivity index (χ4v) is 67.7. The van der Waals surface area contributed by atoms with Crippen LogP contribution < -0.4 is 54.0 Å². The molecule has 10 aromatic carbocycles. The van der Waals surface area contributed by atoms with Crippen LogP contribution in [-0.2, 0) is 0 Å². The van der Waals surface area contributed by atoms with Crippen LogP contribution >= 0.6 is 153 Å². The lowest BCUT2D eigenvalue weighted by atomic mass is 9.15. The molecule has 1 aliphatic rings. The summed E-state index contributed by atoms with van der Waals surface area (Å²) in [5.41, 5.74) is -19.0. The van der Waals surface area contributed by atoms with Crippen molar-refractivity contribution in [1.82, 2.24) is 0 Å². The SMILES string of the molecule is Cc1ccc([P+]2(c3ccc(C)cc3)/C(=C/[B-](c3c(F)c(F)c(F)c(F)c3F)(c3c(F)c(F)c(F)c(F)c3F)c3c(F)c(F)c(F)c(F)c3F)[Si](C)(C)[P+](c3ccc(C)cc3)(c3ccc(C)cc3)/C(=C/[B-](c3c(F)c(F)c(F)c(F)c3F)(c3c(F)c(F)c(F)c(F)c3F)c3c(F)c(F)c(F)c(F)c3F)[Si]2(C)C)cc1.ClC(Cl)Cl.ClC(Cl)Cl.ClC(Cl)Cl.ClC(Cl)Cl. The van der Waals surface area contributed by atoms with E-state index in [9.17, 15) is 0 Å². The van der Waals surface area contributed by atoms with E-state index in [1.165, 1.54) is 27.7 Å². The average molecular weight is 2090 g/mol. The molecule has 0 unspecified atom stereocenters. The van der Waals surface area contributed by atoms with Crippen LogP contribution in [0.25, 0.3) is 0 Å². The third-order valence-corrected chi connectivity index (χ3v) is 56.4. The van der Waals surface area contributed by atoms with Crippen molar-refractivity contribution in [3.8, 4) is 0 Å². The summed E-state index contributed by atoms with van der Waals surface area (Å²) in [6, 6.07) is 16.5. The molecule has 0 spiro atoms. The third-order valence-electron chi connectivity index (χ3n) is 20.3. The molecular formula is C76H46B2Cl12F30P2Si2. The van der Waals surface area contributed by atoms with Gasteiger partial charge in [-0.05, 0) is 102 Å². The van der Waals surface area contributed by atoms with E-state index in [1.807, 2.05) is 0 Å². The molecule has 0 saturated carbocycles. The molecule has 11 rings (SSSR count). The molecule has 0 aromatic heterocycles. The van der Waals surface area contributed by atoms with E-state index < -0.39 is 297 Å². The van der Waals surface area contributed by atoms with Gasteiger partial charge in [0.2, 0.25) is 0 Å². The largest absolute Gasteiger partial charge is 0.301 e. The number of aryl methyl sites for hydroxylation is 4. The molecule has 1 heterocycles. The summed E-state index contributed by atoms with van der Waals surface area (Å²) in [6.45, 7) is -2.92. The summed E-state index contributed by atoms with van der Waals surface area (Å²) in [4.78, 5) is -2.35. The second-order valence-electron chi connectivity index (χ2n) is 27.7. The van der Waals surface area contributed by atoms with Crippen molar-refractivity contribution in [2.24, 2.45) is 0 Å². The van der Waals surface area contributed by atoms with Crippen LogP contribution in [0.5, 0.6) is 0 Å². The van der Waals surface area contributed by atoms with Crippen molar-refractivity contribution in [2.75, 3.05) is 0 Å². The summed E-state index contributed by atoms with van der Waals surface area (Å²) in [7, 11) is -12.4. The first kappa shape index (κ1) is 106. The van der Waals surface area contributed by atoms with Crippen molar-refractivity contribution in [2.45, 2.75) is 71.1 Å². The van der Waals surface area contributed by atoms with Crippen LogP contribution in [0.15, 0.2) is 119 Å². The Bertz CT molecular complexity index is 4890. The van der Waals surface area contributed by atoms with Gasteiger partial charge in [0.15, 0.2) is 122 Å². The topological polar surface area (TPSA) is 0 Å². The highest BCUT2D eigenvalue weighted by Crippen LogP contribution is 2.90. The first-order valence-corrected chi connectivity index (χ1v) is 50.3. The van der Waals surface area contributed by atoms with E-state index >= 15 is 132 Å². The summed E-state index contributed by atoms with van der Waals surface area (Å²) < 4.78 is 512. The van der Waals surface area contributed by atoms with E-state index in [1.54, 1.807) is 0 Å². The molecule has 0 amide bonds.